The number of carboxylic acids is 1. The molecular formula is C14H25N3O3S. The minimum atomic E-state index is -0.800. The van der Waals surface area contributed by atoms with E-state index in [0.29, 0.717) is 23.6 Å². The number of carbonyl (C=O) groups is 2. The van der Waals surface area contributed by atoms with Crippen LogP contribution in [-0.2, 0) is 4.79 Å². The van der Waals surface area contributed by atoms with Crippen LogP contribution in [0, 0.1) is 0 Å². The highest BCUT2D eigenvalue weighted by molar-refractivity contribution is 8.00. The van der Waals surface area contributed by atoms with Crippen LogP contribution in [0.15, 0.2) is 0 Å². The average Bonchev–Trinajstić information content (AvgIpc) is 2.61. The summed E-state index contributed by atoms with van der Waals surface area (Å²) in [6.45, 7) is 8.75. The third-order valence-electron chi connectivity index (χ3n) is 3.91. The third kappa shape index (κ3) is 4.78. The minimum absolute atomic E-state index is 0.0659. The van der Waals surface area contributed by atoms with Crippen LogP contribution < -0.4 is 0 Å². The number of nitrogens with zero attached hydrogens (tertiary/aromatic N) is 3. The zero-order valence-corrected chi connectivity index (χ0v) is 13.6. The maximum Gasteiger partial charge on any atom is 0.320 e. The van der Waals surface area contributed by atoms with Gasteiger partial charge in [-0.3, -0.25) is 9.69 Å². The van der Waals surface area contributed by atoms with E-state index in [4.69, 9.17) is 5.11 Å². The van der Waals surface area contributed by atoms with Gasteiger partial charge in [0.1, 0.15) is 0 Å². The number of carboxylic acid groups (broad SMARTS) is 1. The lowest BCUT2D eigenvalue weighted by Gasteiger charge is -2.37. The molecule has 0 aromatic carbocycles. The molecular weight excluding hydrogens is 290 g/mol. The van der Waals surface area contributed by atoms with E-state index in [1.165, 1.54) is 0 Å². The molecule has 6 nitrogen and oxygen atoms in total. The van der Waals surface area contributed by atoms with Gasteiger partial charge in [0.05, 0.1) is 6.54 Å². The van der Waals surface area contributed by atoms with Crippen molar-refractivity contribution in [3.05, 3.63) is 0 Å². The van der Waals surface area contributed by atoms with E-state index < -0.39 is 5.97 Å². The summed E-state index contributed by atoms with van der Waals surface area (Å²) in [5.41, 5.74) is 0. The summed E-state index contributed by atoms with van der Waals surface area (Å²) in [7, 11) is 0. The fraction of sp³-hybridized carbons (Fsp3) is 0.857. The molecule has 0 aliphatic carbocycles. The summed E-state index contributed by atoms with van der Waals surface area (Å²) in [5, 5.41) is 9.82. The molecule has 2 heterocycles. The third-order valence-corrected chi connectivity index (χ3v) is 5.14. The van der Waals surface area contributed by atoms with Crippen molar-refractivity contribution in [1.82, 2.24) is 14.7 Å². The molecule has 2 atom stereocenters. The standard InChI is InChI=1S/C14H25N3O3S/c1-11-8-17(9-12(2)21-11)14(20)16-5-3-4-15(6-7-16)10-13(18)19/h11-12H,3-10H2,1-2H3,(H,18,19). The molecule has 0 bridgehead atoms. The molecule has 21 heavy (non-hydrogen) atoms. The summed E-state index contributed by atoms with van der Waals surface area (Å²) < 4.78 is 0. The molecule has 2 aliphatic rings. The van der Waals surface area contributed by atoms with E-state index in [9.17, 15) is 9.59 Å². The number of amides is 2. The number of carbonyl (C=O) groups excluding carboxylic acids is 1. The molecule has 7 heteroatoms. The molecule has 0 aromatic heterocycles. The van der Waals surface area contributed by atoms with Gasteiger partial charge in [0.2, 0.25) is 0 Å². The van der Waals surface area contributed by atoms with Crippen LogP contribution in [0.2, 0.25) is 0 Å². The Morgan fingerprint density at radius 1 is 1.05 bits per heavy atom. The lowest BCUT2D eigenvalue weighted by molar-refractivity contribution is -0.138. The number of rotatable bonds is 2. The molecule has 0 aromatic rings. The first kappa shape index (κ1) is 16.4. The lowest BCUT2D eigenvalue weighted by atomic mass is 10.3. The van der Waals surface area contributed by atoms with Crippen LogP contribution >= 0.6 is 11.8 Å². The molecule has 2 rings (SSSR count). The zero-order chi connectivity index (χ0) is 15.4. The van der Waals surface area contributed by atoms with Gasteiger partial charge in [-0.1, -0.05) is 13.8 Å². The van der Waals surface area contributed by atoms with E-state index in [0.717, 1.165) is 32.6 Å². The van der Waals surface area contributed by atoms with Gasteiger partial charge in [-0.15, -0.1) is 0 Å². The second-order valence-corrected chi connectivity index (χ2v) is 7.84. The van der Waals surface area contributed by atoms with E-state index in [1.807, 2.05) is 26.5 Å². The smallest absolute Gasteiger partial charge is 0.320 e. The van der Waals surface area contributed by atoms with E-state index in [-0.39, 0.29) is 12.6 Å². The van der Waals surface area contributed by atoms with Crippen LogP contribution in [0.3, 0.4) is 0 Å². The van der Waals surface area contributed by atoms with Gasteiger partial charge < -0.3 is 14.9 Å². The van der Waals surface area contributed by atoms with Gasteiger partial charge in [0.25, 0.3) is 0 Å². The Morgan fingerprint density at radius 2 is 1.71 bits per heavy atom. The monoisotopic (exact) mass is 315 g/mol. The number of hydrogen-bond acceptors (Lipinski definition) is 4. The molecule has 2 saturated heterocycles. The summed E-state index contributed by atoms with van der Waals surface area (Å²) in [5.74, 6) is -0.800. The van der Waals surface area contributed by atoms with Gasteiger partial charge in [-0.25, -0.2) is 4.79 Å². The molecule has 1 N–H and O–H groups in total. The molecule has 2 unspecified atom stereocenters. The molecule has 2 amide bonds. The molecule has 0 saturated carbocycles. The summed E-state index contributed by atoms with van der Waals surface area (Å²) >= 11 is 1.93. The Morgan fingerprint density at radius 3 is 2.33 bits per heavy atom. The van der Waals surface area contributed by atoms with Crippen molar-refractivity contribution in [1.29, 1.82) is 0 Å². The van der Waals surface area contributed by atoms with Crippen molar-refractivity contribution in [3.63, 3.8) is 0 Å². The first-order valence-corrected chi connectivity index (χ1v) is 8.53. The molecule has 0 radical (unpaired) electrons. The van der Waals surface area contributed by atoms with Crippen molar-refractivity contribution >= 4 is 23.8 Å². The fourth-order valence-corrected chi connectivity index (χ4v) is 4.37. The van der Waals surface area contributed by atoms with Crippen molar-refractivity contribution in [3.8, 4) is 0 Å². The number of urea groups is 1. The molecule has 2 aliphatic heterocycles. The first-order valence-electron chi connectivity index (χ1n) is 7.59. The van der Waals surface area contributed by atoms with Crippen LogP contribution in [0.1, 0.15) is 20.3 Å². The van der Waals surface area contributed by atoms with Crippen molar-refractivity contribution in [2.75, 3.05) is 45.8 Å². The van der Waals surface area contributed by atoms with Crippen molar-refractivity contribution < 1.29 is 14.7 Å². The largest absolute Gasteiger partial charge is 0.480 e. The van der Waals surface area contributed by atoms with Crippen LogP contribution in [0.4, 0.5) is 4.79 Å². The van der Waals surface area contributed by atoms with Crippen LogP contribution in [0.5, 0.6) is 0 Å². The minimum Gasteiger partial charge on any atom is -0.480 e. The predicted octanol–water partition coefficient (Wildman–Crippen LogP) is 1.02. The van der Waals surface area contributed by atoms with E-state index >= 15 is 0 Å². The van der Waals surface area contributed by atoms with Crippen LogP contribution in [0.25, 0.3) is 0 Å². The molecule has 0 spiro atoms. The van der Waals surface area contributed by atoms with Gasteiger partial charge in [-0.05, 0) is 6.42 Å². The Labute approximate surface area is 130 Å². The summed E-state index contributed by atoms with van der Waals surface area (Å²) in [6.07, 6.45) is 0.840. The maximum absolute atomic E-state index is 12.6. The highest BCUT2D eigenvalue weighted by atomic mass is 32.2. The Balaban J connectivity index is 1.89. The Bertz CT molecular complexity index is 384. The first-order chi connectivity index (χ1) is 9.95. The molecule has 2 fully saturated rings. The molecule has 120 valence electrons. The normalized spacial score (nSPS) is 28.3. The highest BCUT2D eigenvalue weighted by Gasteiger charge is 2.29. The highest BCUT2D eigenvalue weighted by Crippen LogP contribution is 2.25. The Kier molecular flexibility index (Phi) is 5.75. The lowest BCUT2D eigenvalue weighted by Crippen LogP contribution is -2.51. The number of hydrogen-bond donors (Lipinski definition) is 1. The fourth-order valence-electron chi connectivity index (χ4n) is 3.05. The maximum atomic E-state index is 12.6. The van der Waals surface area contributed by atoms with Gasteiger partial charge in [-0.2, -0.15) is 11.8 Å². The van der Waals surface area contributed by atoms with Crippen molar-refractivity contribution in [2.45, 2.75) is 30.8 Å². The second kappa shape index (κ2) is 7.35. The zero-order valence-electron chi connectivity index (χ0n) is 12.8. The van der Waals surface area contributed by atoms with E-state index in [2.05, 4.69) is 13.8 Å². The van der Waals surface area contributed by atoms with E-state index in [1.54, 1.807) is 0 Å². The topological polar surface area (TPSA) is 64.1 Å². The Hall–Kier alpha value is -0.950. The van der Waals surface area contributed by atoms with Crippen LogP contribution in [-0.4, -0.2) is 88.1 Å². The van der Waals surface area contributed by atoms with Gasteiger partial charge in [0, 0.05) is 49.8 Å². The summed E-state index contributed by atoms with van der Waals surface area (Å²) in [4.78, 5) is 29.2. The quantitative estimate of drug-likeness (QED) is 0.824. The average molecular weight is 315 g/mol. The predicted molar refractivity (Wildman–Crippen MR) is 83.7 cm³/mol. The van der Waals surface area contributed by atoms with Crippen molar-refractivity contribution in [2.24, 2.45) is 0 Å². The summed E-state index contributed by atoms with van der Waals surface area (Å²) in [6, 6.07) is 0.117. The number of thioether (sulfide) groups is 1. The second-order valence-electron chi connectivity index (χ2n) is 5.96. The van der Waals surface area contributed by atoms with Gasteiger partial charge in [0.15, 0.2) is 0 Å². The number of aliphatic carboxylic acids is 1. The SMILES string of the molecule is CC1CN(C(=O)N2CCCN(CC(=O)O)CC2)CC(C)S1. The van der Waals surface area contributed by atoms with Gasteiger partial charge >= 0.3 is 12.0 Å².